The quantitative estimate of drug-likeness (QED) is 0.342. The molecule has 7 nitrogen and oxygen atoms in total. The molecule has 5 rings (SSSR count). The highest BCUT2D eigenvalue weighted by molar-refractivity contribution is 6.06. The monoisotopic (exact) mass is 473 g/mol. The molecule has 1 aliphatic carbocycles. The summed E-state index contributed by atoms with van der Waals surface area (Å²) in [6.45, 7) is 0. The minimum absolute atomic E-state index is 0.0869. The van der Waals surface area contributed by atoms with Crippen molar-refractivity contribution < 1.29 is 23.1 Å². The minimum Gasteiger partial charge on any atom is -0.465 e. The maximum Gasteiger partial charge on any atom is 0.339 e. The first-order chi connectivity index (χ1) is 17.0. The Morgan fingerprint density at radius 3 is 2.54 bits per heavy atom. The van der Waals surface area contributed by atoms with Gasteiger partial charge in [0.1, 0.15) is 11.5 Å². The van der Waals surface area contributed by atoms with Crippen LogP contribution in [-0.2, 0) is 4.74 Å². The van der Waals surface area contributed by atoms with Crippen molar-refractivity contribution in [2.75, 3.05) is 12.4 Å². The van der Waals surface area contributed by atoms with Crippen LogP contribution in [0.4, 0.5) is 10.1 Å². The molecule has 1 aliphatic rings. The number of imidazole rings is 1. The Kier molecular flexibility index (Phi) is 6.18. The van der Waals surface area contributed by atoms with Crippen LogP contribution in [-0.4, -0.2) is 28.5 Å². The number of nitrogens with zero attached hydrogens (tertiary/aromatic N) is 2. The van der Waals surface area contributed by atoms with E-state index in [1.54, 1.807) is 54.9 Å². The normalized spacial score (nSPS) is 13.7. The first kappa shape index (κ1) is 22.6. The topological polar surface area (TPSA) is 86.4 Å². The SMILES string of the molecule is COC(=O)c1ccccc1NC(=O)c1ccc(-c2c(-c3ccc(F)cc3)ncn2C2CCCC2)o1. The molecule has 0 aliphatic heterocycles. The lowest BCUT2D eigenvalue weighted by Crippen LogP contribution is -2.14. The van der Waals surface area contributed by atoms with Crippen LogP contribution < -0.4 is 5.32 Å². The van der Waals surface area contributed by atoms with Crippen LogP contribution in [0.2, 0.25) is 0 Å². The lowest BCUT2D eigenvalue weighted by atomic mass is 10.1. The van der Waals surface area contributed by atoms with Crippen LogP contribution in [0.25, 0.3) is 22.7 Å². The maximum absolute atomic E-state index is 13.5. The van der Waals surface area contributed by atoms with Gasteiger partial charge in [0.25, 0.3) is 5.91 Å². The molecule has 4 aromatic rings. The van der Waals surface area contributed by atoms with Crippen LogP contribution in [0.5, 0.6) is 0 Å². The lowest BCUT2D eigenvalue weighted by molar-refractivity contribution is 0.0602. The summed E-state index contributed by atoms with van der Waals surface area (Å²) in [5.41, 5.74) is 2.73. The number of halogens is 1. The summed E-state index contributed by atoms with van der Waals surface area (Å²) in [5.74, 6) is -0.799. The standard InChI is InChI=1S/C27H24FN3O4/c1-34-27(33)20-8-4-5-9-21(20)30-26(32)23-15-14-22(35-23)25-24(17-10-12-18(28)13-11-17)29-16-31(25)19-6-2-3-7-19/h4-5,8-16,19H,2-3,6-7H2,1H3,(H,30,32). The molecule has 2 aromatic heterocycles. The number of carbonyl (C=O) groups excluding carboxylic acids is 2. The Bertz CT molecular complexity index is 1370. The summed E-state index contributed by atoms with van der Waals surface area (Å²) in [6, 6.07) is 16.4. The third-order valence-corrected chi connectivity index (χ3v) is 6.27. The fraction of sp³-hybridized carbons (Fsp3) is 0.222. The number of amides is 1. The molecule has 1 N–H and O–H groups in total. The van der Waals surface area contributed by atoms with Gasteiger partial charge in [-0.2, -0.15) is 0 Å². The van der Waals surface area contributed by atoms with E-state index in [0.717, 1.165) is 36.9 Å². The summed E-state index contributed by atoms with van der Waals surface area (Å²) in [6.07, 6.45) is 6.13. The van der Waals surface area contributed by atoms with Crippen molar-refractivity contribution in [1.82, 2.24) is 9.55 Å². The van der Waals surface area contributed by atoms with Gasteiger partial charge < -0.3 is 19.0 Å². The van der Waals surface area contributed by atoms with E-state index in [0.29, 0.717) is 17.1 Å². The molecule has 1 saturated carbocycles. The molecule has 0 radical (unpaired) electrons. The summed E-state index contributed by atoms with van der Waals surface area (Å²) in [4.78, 5) is 29.6. The fourth-order valence-electron chi connectivity index (χ4n) is 4.53. The third kappa shape index (κ3) is 4.47. The van der Waals surface area contributed by atoms with Gasteiger partial charge in [-0.1, -0.05) is 25.0 Å². The lowest BCUT2D eigenvalue weighted by Gasteiger charge is -2.15. The van der Waals surface area contributed by atoms with Crippen molar-refractivity contribution in [3.63, 3.8) is 0 Å². The van der Waals surface area contributed by atoms with E-state index in [9.17, 15) is 14.0 Å². The average molecular weight is 474 g/mol. The number of rotatable bonds is 6. The molecule has 0 atom stereocenters. The van der Waals surface area contributed by atoms with Crippen LogP contribution in [0, 0.1) is 5.82 Å². The van der Waals surface area contributed by atoms with Gasteiger partial charge in [0, 0.05) is 11.6 Å². The molecule has 35 heavy (non-hydrogen) atoms. The first-order valence-electron chi connectivity index (χ1n) is 11.5. The number of carbonyl (C=O) groups is 2. The van der Waals surface area contributed by atoms with Gasteiger partial charge >= 0.3 is 5.97 Å². The highest BCUT2D eigenvalue weighted by atomic mass is 19.1. The van der Waals surface area contributed by atoms with Gasteiger partial charge in [-0.15, -0.1) is 0 Å². The Labute approximate surface area is 201 Å². The second-order valence-corrected chi connectivity index (χ2v) is 8.45. The van der Waals surface area contributed by atoms with Crippen LogP contribution >= 0.6 is 0 Å². The van der Waals surface area contributed by atoms with E-state index in [1.165, 1.54) is 19.2 Å². The summed E-state index contributed by atoms with van der Waals surface area (Å²) in [5, 5.41) is 2.73. The largest absolute Gasteiger partial charge is 0.465 e. The van der Waals surface area contributed by atoms with E-state index in [1.807, 2.05) is 0 Å². The predicted octanol–water partition coefficient (Wildman–Crippen LogP) is 6.10. The van der Waals surface area contributed by atoms with Crippen molar-refractivity contribution in [1.29, 1.82) is 0 Å². The minimum atomic E-state index is -0.551. The number of para-hydroxylation sites is 1. The molecule has 1 amide bonds. The van der Waals surface area contributed by atoms with E-state index in [4.69, 9.17) is 9.15 Å². The molecule has 8 heteroatoms. The van der Waals surface area contributed by atoms with Gasteiger partial charge in [-0.25, -0.2) is 14.2 Å². The number of benzene rings is 2. The van der Waals surface area contributed by atoms with Crippen molar-refractivity contribution >= 4 is 17.6 Å². The van der Waals surface area contributed by atoms with E-state index < -0.39 is 11.9 Å². The summed E-state index contributed by atoms with van der Waals surface area (Å²) in [7, 11) is 1.28. The molecule has 1 fully saturated rings. The predicted molar refractivity (Wildman–Crippen MR) is 129 cm³/mol. The summed E-state index contributed by atoms with van der Waals surface area (Å²) >= 11 is 0. The Morgan fingerprint density at radius 1 is 1.06 bits per heavy atom. The molecule has 2 aromatic carbocycles. The molecular weight excluding hydrogens is 449 g/mol. The average Bonchev–Trinajstić information content (AvgIpc) is 3.64. The van der Waals surface area contributed by atoms with Crippen molar-refractivity contribution in [3.05, 3.63) is 84.1 Å². The molecule has 178 valence electrons. The van der Waals surface area contributed by atoms with E-state index >= 15 is 0 Å². The molecule has 0 unspecified atom stereocenters. The van der Waals surface area contributed by atoms with Gasteiger partial charge in [-0.3, -0.25) is 4.79 Å². The number of hydrogen-bond acceptors (Lipinski definition) is 5. The second-order valence-electron chi connectivity index (χ2n) is 8.45. The molecule has 0 saturated heterocycles. The zero-order chi connectivity index (χ0) is 24.4. The number of furan rings is 1. The second kappa shape index (κ2) is 9.58. The highest BCUT2D eigenvalue weighted by Crippen LogP contribution is 2.39. The molecular formula is C27H24FN3O4. The van der Waals surface area contributed by atoms with Gasteiger partial charge in [0.2, 0.25) is 0 Å². The Morgan fingerprint density at radius 2 is 1.80 bits per heavy atom. The molecule has 2 heterocycles. The van der Waals surface area contributed by atoms with Crippen molar-refractivity contribution in [2.45, 2.75) is 31.7 Å². The Balaban J connectivity index is 1.49. The van der Waals surface area contributed by atoms with Crippen molar-refractivity contribution in [3.8, 4) is 22.7 Å². The zero-order valence-corrected chi connectivity index (χ0v) is 19.2. The number of esters is 1. The van der Waals surface area contributed by atoms with Crippen LogP contribution in [0.3, 0.4) is 0 Å². The summed E-state index contributed by atoms with van der Waals surface area (Å²) < 4.78 is 26.4. The molecule has 0 spiro atoms. The number of ether oxygens (including phenoxy) is 1. The Hall–Kier alpha value is -4.20. The van der Waals surface area contributed by atoms with E-state index in [-0.39, 0.29) is 23.2 Å². The van der Waals surface area contributed by atoms with E-state index in [2.05, 4.69) is 14.9 Å². The highest BCUT2D eigenvalue weighted by Gasteiger charge is 2.26. The number of nitrogens with one attached hydrogen (secondary N) is 1. The van der Waals surface area contributed by atoms with Gasteiger partial charge in [0.05, 0.1) is 30.4 Å². The van der Waals surface area contributed by atoms with Crippen LogP contribution in [0.15, 0.2) is 71.4 Å². The third-order valence-electron chi connectivity index (χ3n) is 6.27. The first-order valence-corrected chi connectivity index (χ1v) is 11.5. The number of anilines is 1. The fourth-order valence-corrected chi connectivity index (χ4v) is 4.53. The van der Waals surface area contributed by atoms with Gasteiger partial charge in [-0.05, 0) is 61.4 Å². The number of aromatic nitrogens is 2. The number of hydrogen-bond donors (Lipinski definition) is 1. The van der Waals surface area contributed by atoms with Crippen LogP contribution in [0.1, 0.15) is 52.6 Å². The maximum atomic E-state index is 13.5. The van der Waals surface area contributed by atoms with Crippen molar-refractivity contribution in [2.24, 2.45) is 0 Å². The zero-order valence-electron chi connectivity index (χ0n) is 19.2. The van der Waals surface area contributed by atoms with Gasteiger partial charge in [0.15, 0.2) is 11.5 Å². The number of methoxy groups -OCH3 is 1. The smallest absolute Gasteiger partial charge is 0.339 e. The molecule has 0 bridgehead atoms.